The van der Waals surface area contributed by atoms with Gasteiger partial charge in [0, 0.05) is 42.6 Å². The van der Waals surface area contributed by atoms with Gasteiger partial charge >= 0.3 is 0 Å². The average molecular weight is 412 g/mol. The van der Waals surface area contributed by atoms with Crippen LogP contribution in [0.1, 0.15) is 34.7 Å². The molecular formula is C25H24N4O2. The number of nitrogens with one attached hydrogen (secondary N) is 1. The highest BCUT2D eigenvalue weighted by Crippen LogP contribution is 2.29. The molecule has 2 aromatic heterocycles. The maximum Gasteiger partial charge on any atom is 0.272 e. The van der Waals surface area contributed by atoms with E-state index in [-0.39, 0.29) is 17.4 Å². The molecule has 1 aliphatic rings. The number of hydrogen-bond donors (Lipinski definition) is 1. The van der Waals surface area contributed by atoms with Gasteiger partial charge in [-0.1, -0.05) is 54.1 Å². The lowest BCUT2D eigenvalue weighted by Gasteiger charge is -2.16. The molecule has 1 atom stereocenters. The number of likely N-dealkylation sites (tertiary alicyclic amines) is 1. The van der Waals surface area contributed by atoms with Crippen molar-refractivity contribution in [3.8, 4) is 11.3 Å². The van der Waals surface area contributed by atoms with Gasteiger partial charge in [-0.15, -0.1) is 0 Å². The zero-order valence-corrected chi connectivity index (χ0v) is 17.6. The van der Waals surface area contributed by atoms with Crippen LogP contribution in [-0.2, 0) is 11.3 Å². The summed E-state index contributed by atoms with van der Waals surface area (Å²) in [6.45, 7) is 5.17. The number of carbonyl (C=O) groups is 1. The van der Waals surface area contributed by atoms with Crippen molar-refractivity contribution in [2.24, 2.45) is 0 Å². The maximum atomic E-state index is 12.9. The fourth-order valence-corrected chi connectivity index (χ4v) is 4.38. The number of rotatable bonds is 4. The van der Waals surface area contributed by atoms with Gasteiger partial charge in [0.1, 0.15) is 0 Å². The third-order valence-electron chi connectivity index (χ3n) is 6.03. The number of aromatic amines is 1. The predicted molar refractivity (Wildman–Crippen MR) is 120 cm³/mol. The number of H-pyrrole nitrogens is 1. The Hall–Kier alpha value is -3.67. The SMILES string of the molecule is Cc1cccc(-c2[nH]n3c(=O)cc(C4CC(=O)N(Cc5ccccc5)C4)nc3c2C)c1. The van der Waals surface area contributed by atoms with Crippen LogP contribution in [0.4, 0.5) is 0 Å². The molecule has 0 radical (unpaired) electrons. The van der Waals surface area contributed by atoms with E-state index in [2.05, 4.69) is 11.2 Å². The van der Waals surface area contributed by atoms with Gasteiger partial charge in [0.2, 0.25) is 5.91 Å². The number of nitrogens with zero attached hydrogens (tertiary/aromatic N) is 3. The number of hydrogen-bond acceptors (Lipinski definition) is 3. The van der Waals surface area contributed by atoms with Crippen LogP contribution in [0, 0.1) is 13.8 Å². The quantitative estimate of drug-likeness (QED) is 0.554. The van der Waals surface area contributed by atoms with E-state index in [0.717, 1.165) is 27.9 Å². The summed E-state index contributed by atoms with van der Waals surface area (Å²) in [6, 6.07) is 19.7. The first-order valence-electron chi connectivity index (χ1n) is 10.5. The Kier molecular flexibility index (Phi) is 4.70. The summed E-state index contributed by atoms with van der Waals surface area (Å²) in [5.74, 6) is 0.0210. The van der Waals surface area contributed by atoms with E-state index in [4.69, 9.17) is 4.98 Å². The highest BCUT2D eigenvalue weighted by atomic mass is 16.2. The first-order chi connectivity index (χ1) is 15.0. The topological polar surface area (TPSA) is 70.5 Å². The molecule has 156 valence electrons. The smallest absolute Gasteiger partial charge is 0.272 e. The molecule has 1 saturated heterocycles. The monoisotopic (exact) mass is 412 g/mol. The number of aromatic nitrogens is 3. The minimum atomic E-state index is -0.157. The number of aryl methyl sites for hydroxylation is 2. The molecule has 31 heavy (non-hydrogen) atoms. The molecule has 0 spiro atoms. The first-order valence-corrected chi connectivity index (χ1v) is 10.5. The van der Waals surface area contributed by atoms with Crippen LogP contribution in [0.2, 0.25) is 0 Å². The van der Waals surface area contributed by atoms with Crippen molar-refractivity contribution in [2.75, 3.05) is 6.54 Å². The highest BCUT2D eigenvalue weighted by Gasteiger charge is 2.32. The molecule has 1 N–H and O–H groups in total. The van der Waals surface area contributed by atoms with E-state index in [1.807, 2.05) is 67.3 Å². The summed E-state index contributed by atoms with van der Waals surface area (Å²) in [7, 11) is 0. The van der Waals surface area contributed by atoms with Crippen LogP contribution in [-0.4, -0.2) is 31.9 Å². The molecule has 6 nitrogen and oxygen atoms in total. The normalized spacial score (nSPS) is 16.4. The molecule has 2 aromatic carbocycles. The largest absolute Gasteiger partial charge is 0.338 e. The van der Waals surface area contributed by atoms with Gasteiger partial charge in [0.05, 0.1) is 11.4 Å². The van der Waals surface area contributed by atoms with Crippen molar-refractivity contribution in [3.05, 3.63) is 93.4 Å². The van der Waals surface area contributed by atoms with Crippen molar-refractivity contribution in [1.29, 1.82) is 0 Å². The lowest BCUT2D eigenvalue weighted by Crippen LogP contribution is -2.24. The first kappa shape index (κ1) is 19.3. The van der Waals surface area contributed by atoms with Crippen molar-refractivity contribution in [1.82, 2.24) is 19.5 Å². The van der Waals surface area contributed by atoms with E-state index in [1.54, 1.807) is 6.07 Å². The second-order valence-electron chi connectivity index (χ2n) is 8.32. The van der Waals surface area contributed by atoms with E-state index in [9.17, 15) is 9.59 Å². The molecule has 4 aromatic rings. The Morgan fingerprint density at radius 1 is 1.03 bits per heavy atom. The molecule has 1 aliphatic heterocycles. The summed E-state index contributed by atoms with van der Waals surface area (Å²) < 4.78 is 1.50. The molecule has 1 amide bonds. The molecule has 3 heterocycles. The molecule has 0 saturated carbocycles. The zero-order chi connectivity index (χ0) is 21.5. The van der Waals surface area contributed by atoms with E-state index < -0.39 is 0 Å². The van der Waals surface area contributed by atoms with Gasteiger partial charge in [-0.2, -0.15) is 0 Å². The van der Waals surface area contributed by atoms with Crippen LogP contribution in [0.15, 0.2) is 65.5 Å². The lowest BCUT2D eigenvalue weighted by atomic mass is 10.0. The Morgan fingerprint density at radius 2 is 1.84 bits per heavy atom. The summed E-state index contributed by atoms with van der Waals surface area (Å²) in [6.07, 6.45) is 0.379. The van der Waals surface area contributed by atoms with Gasteiger partial charge in [-0.05, 0) is 25.5 Å². The summed E-state index contributed by atoms with van der Waals surface area (Å²) >= 11 is 0. The van der Waals surface area contributed by atoms with Crippen molar-refractivity contribution < 1.29 is 4.79 Å². The molecule has 0 aliphatic carbocycles. The molecule has 0 bridgehead atoms. The van der Waals surface area contributed by atoms with Crippen molar-refractivity contribution >= 4 is 11.6 Å². The van der Waals surface area contributed by atoms with Crippen molar-refractivity contribution in [3.63, 3.8) is 0 Å². The van der Waals surface area contributed by atoms with Gasteiger partial charge < -0.3 is 4.90 Å². The average Bonchev–Trinajstić information content (AvgIpc) is 3.29. The third-order valence-corrected chi connectivity index (χ3v) is 6.03. The van der Waals surface area contributed by atoms with Gasteiger partial charge in [-0.3, -0.25) is 14.7 Å². The summed E-state index contributed by atoms with van der Waals surface area (Å²) in [5.41, 5.74) is 6.24. The second kappa shape index (κ2) is 7.54. The highest BCUT2D eigenvalue weighted by molar-refractivity contribution is 5.79. The number of benzene rings is 2. The third kappa shape index (κ3) is 3.54. The van der Waals surface area contributed by atoms with Crippen LogP contribution in [0.25, 0.3) is 16.9 Å². The molecular weight excluding hydrogens is 388 g/mol. The standard InChI is InChI=1S/C25H24N4O2/c1-16-7-6-10-19(11-16)24-17(2)25-26-21(13-23(31)29(25)27-24)20-12-22(30)28(15-20)14-18-8-4-3-5-9-18/h3-11,13,20,27H,12,14-15H2,1-2H3. The summed E-state index contributed by atoms with van der Waals surface area (Å²) in [5, 5.41) is 3.21. The number of amides is 1. The summed E-state index contributed by atoms with van der Waals surface area (Å²) in [4.78, 5) is 32.1. The number of carbonyl (C=O) groups excluding carboxylic acids is 1. The zero-order valence-electron chi connectivity index (χ0n) is 17.6. The van der Waals surface area contributed by atoms with E-state index >= 15 is 0 Å². The molecule has 6 heteroatoms. The van der Waals surface area contributed by atoms with Crippen LogP contribution >= 0.6 is 0 Å². The second-order valence-corrected chi connectivity index (χ2v) is 8.32. The fourth-order valence-electron chi connectivity index (χ4n) is 4.38. The molecule has 1 fully saturated rings. The lowest BCUT2D eigenvalue weighted by molar-refractivity contribution is -0.128. The minimum absolute atomic E-state index is 0.0781. The van der Waals surface area contributed by atoms with Gasteiger partial charge in [0.15, 0.2) is 5.65 Å². The Morgan fingerprint density at radius 3 is 2.61 bits per heavy atom. The van der Waals surface area contributed by atoms with Crippen LogP contribution < -0.4 is 5.56 Å². The van der Waals surface area contributed by atoms with E-state index in [1.165, 1.54) is 4.52 Å². The Bertz CT molecular complexity index is 1340. The number of fused-ring (bicyclic) bond motifs is 1. The predicted octanol–water partition coefficient (Wildman–Crippen LogP) is 3.82. The maximum absolute atomic E-state index is 12.9. The minimum Gasteiger partial charge on any atom is -0.338 e. The van der Waals surface area contributed by atoms with Gasteiger partial charge in [-0.25, -0.2) is 9.50 Å². The molecule has 1 unspecified atom stereocenters. The molecule has 5 rings (SSSR count). The van der Waals surface area contributed by atoms with Gasteiger partial charge in [0.25, 0.3) is 5.56 Å². The Balaban J connectivity index is 1.48. The van der Waals surface area contributed by atoms with Crippen LogP contribution in [0.3, 0.4) is 0 Å². The van der Waals surface area contributed by atoms with E-state index in [0.29, 0.717) is 30.9 Å². The van der Waals surface area contributed by atoms with Crippen LogP contribution in [0.5, 0.6) is 0 Å². The Labute approximate surface area is 180 Å². The fraction of sp³-hybridized carbons (Fsp3) is 0.240. The van der Waals surface area contributed by atoms with Crippen molar-refractivity contribution in [2.45, 2.75) is 32.7 Å².